The van der Waals surface area contributed by atoms with Crippen molar-refractivity contribution in [2.75, 3.05) is 38.1 Å². The molecule has 2 aliphatic rings. The first-order valence-electron chi connectivity index (χ1n) is 15.7. The lowest BCUT2D eigenvalue weighted by atomic mass is 10.0. The van der Waals surface area contributed by atoms with Crippen molar-refractivity contribution in [2.45, 2.75) is 37.8 Å². The fraction of sp³-hybridized carbons (Fsp3) is 0.314. The molecular formula is C35H32FN5O5. The summed E-state index contributed by atoms with van der Waals surface area (Å²) in [4.78, 5) is 58.6. The van der Waals surface area contributed by atoms with Gasteiger partial charge in [-0.15, -0.1) is 0 Å². The summed E-state index contributed by atoms with van der Waals surface area (Å²) < 4.78 is 24.0. The highest BCUT2D eigenvalue weighted by atomic mass is 19.1. The summed E-state index contributed by atoms with van der Waals surface area (Å²) >= 11 is 0. The number of nitrogens with two attached hydrogens (primary N) is 1. The molecule has 0 spiro atoms. The monoisotopic (exact) mass is 621 g/mol. The van der Waals surface area contributed by atoms with Gasteiger partial charge in [0.1, 0.15) is 16.8 Å². The van der Waals surface area contributed by atoms with Crippen molar-refractivity contribution in [3.05, 3.63) is 90.7 Å². The number of fused-ring (bicyclic) bond motifs is 4. The lowest BCUT2D eigenvalue weighted by molar-refractivity contribution is 0.0949. The third kappa shape index (κ3) is 4.29. The second-order valence-electron chi connectivity index (χ2n) is 12.7. The van der Waals surface area contributed by atoms with E-state index in [-0.39, 0.29) is 61.0 Å². The number of likely N-dealkylation sites (tertiary alicyclic amines) is 1. The Morgan fingerprint density at radius 3 is 2.39 bits per heavy atom. The van der Waals surface area contributed by atoms with Crippen molar-refractivity contribution in [3.63, 3.8) is 0 Å². The van der Waals surface area contributed by atoms with Crippen LogP contribution in [0.1, 0.15) is 36.0 Å². The number of hydrogen-bond donors (Lipinski definition) is 2. The molecule has 0 saturated carbocycles. The summed E-state index contributed by atoms with van der Waals surface area (Å²) in [6.07, 6.45) is 4.98. The van der Waals surface area contributed by atoms with E-state index in [1.807, 2.05) is 0 Å². The molecule has 10 nitrogen and oxygen atoms in total. The van der Waals surface area contributed by atoms with Crippen LogP contribution in [-0.2, 0) is 0 Å². The highest BCUT2D eigenvalue weighted by molar-refractivity contribution is 6.08. The summed E-state index contributed by atoms with van der Waals surface area (Å²) in [5.41, 5.74) is 5.81. The maximum Gasteiger partial charge on any atom is 0.256 e. The molecule has 2 aromatic heterocycles. The molecule has 0 radical (unpaired) electrons. The third-order valence-corrected chi connectivity index (χ3v) is 9.87. The molecule has 234 valence electrons. The van der Waals surface area contributed by atoms with E-state index in [0.717, 1.165) is 31.9 Å². The first-order chi connectivity index (χ1) is 22.2. The highest BCUT2D eigenvalue weighted by Crippen LogP contribution is 2.37. The molecule has 1 amide bonds. The minimum atomic E-state index is -0.677. The van der Waals surface area contributed by atoms with Crippen LogP contribution in [0.15, 0.2) is 67.5 Å². The Morgan fingerprint density at radius 2 is 1.72 bits per heavy atom. The largest absolute Gasteiger partial charge is 0.451 e. The summed E-state index contributed by atoms with van der Waals surface area (Å²) in [5.74, 6) is -1.25. The number of amides is 1. The Morgan fingerprint density at radius 1 is 0.978 bits per heavy atom. The maximum atomic E-state index is 16.0. The molecule has 8 rings (SSSR count). The Kier molecular flexibility index (Phi) is 6.59. The van der Waals surface area contributed by atoms with Crippen molar-refractivity contribution in [1.29, 1.82) is 0 Å². The minimum absolute atomic E-state index is 0.0287. The van der Waals surface area contributed by atoms with E-state index in [9.17, 15) is 19.2 Å². The Labute approximate surface area is 261 Å². The van der Waals surface area contributed by atoms with Gasteiger partial charge in [-0.1, -0.05) is 24.3 Å². The van der Waals surface area contributed by atoms with Crippen molar-refractivity contribution < 1.29 is 13.6 Å². The average molecular weight is 622 g/mol. The number of aromatic nitrogens is 1. The van der Waals surface area contributed by atoms with Gasteiger partial charge >= 0.3 is 0 Å². The minimum Gasteiger partial charge on any atom is -0.451 e. The molecule has 0 bridgehead atoms. The SMILES string of the molecule is CN1CCCC1CCNC(=O)c1cn2c3cc4c(=O)c5ccccc5c(=O)c4cc3oc3c(N4CCC(N)C4)c(F)cc(c1=O)c32. The molecule has 2 aliphatic heterocycles. The molecule has 11 heteroatoms. The number of carbonyl (C=O) groups excluding carboxylic acids is 1. The summed E-state index contributed by atoms with van der Waals surface area (Å²) in [6, 6.07) is 11.0. The van der Waals surface area contributed by atoms with Crippen molar-refractivity contribution in [1.82, 2.24) is 14.6 Å². The van der Waals surface area contributed by atoms with E-state index in [1.54, 1.807) is 39.6 Å². The second-order valence-corrected chi connectivity index (χ2v) is 12.7. The lowest BCUT2D eigenvalue weighted by Crippen LogP contribution is -2.34. The number of benzene rings is 4. The predicted octanol–water partition coefficient (Wildman–Crippen LogP) is 3.55. The highest BCUT2D eigenvalue weighted by Gasteiger charge is 2.29. The number of halogens is 1. The van der Waals surface area contributed by atoms with E-state index in [4.69, 9.17) is 10.2 Å². The van der Waals surface area contributed by atoms with Crippen LogP contribution in [0, 0.1) is 5.82 Å². The van der Waals surface area contributed by atoms with Crippen LogP contribution in [0.25, 0.3) is 49.1 Å². The Hall–Kier alpha value is -4.87. The molecule has 4 aromatic carbocycles. The number of anilines is 1. The zero-order chi connectivity index (χ0) is 31.9. The lowest BCUT2D eigenvalue weighted by Gasteiger charge is -2.22. The molecule has 4 heterocycles. The van der Waals surface area contributed by atoms with E-state index >= 15 is 4.39 Å². The van der Waals surface area contributed by atoms with E-state index in [1.165, 1.54) is 12.3 Å². The zero-order valence-electron chi connectivity index (χ0n) is 25.3. The molecule has 3 N–H and O–H groups in total. The zero-order valence-corrected chi connectivity index (χ0v) is 25.3. The third-order valence-electron chi connectivity index (χ3n) is 9.87. The first kappa shape index (κ1) is 28.6. The number of nitrogens with zero attached hydrogens (tertiary/aromatic N) is 3. The molecular weight excluding hydrogens is 589 g/mol. The van der Waals surface area contributed by atoms with Gasteiger partial charge in [-0.25, -0.2) is 4.39 Å². The Balaban J connectivity index is 1.39. The van der Waals surface area contributed by atoms with Gasteiger partial charge in [-0.2, -0.15) is 0 Å². The number of hydrogen-bond acceptors (Lipinski definition) is 8. The molecule has 6 aromatic rings. The molecule has 2 saturated heterocycles. The van der Waals surface area contributed by atoms with Gasteiger partial charge in [0, 0.05) is 59.5 Å². The number of carbonyl (C=O) groups is 1. The van der Waals surface area contributed by atoms with Crippen LogP contribution < -0.4 is 32.2 Å². The smallest absolute Gasteiger partial charge is 0.256 e. The van der Waals surface area contributed by atoms with Gasteiger partial charge in [-0.3, -0.25) is 19.2 Å². The van der Waals surface area contributed by atoms with Gasteiger partial charge in [0.15, 0.2) is 27.8 Å². The van der Waals surface area contributed by atoms with Gasteiger partial charge < -0.3 is 29.7 Å². The number of nitrogens with one attached hydrogen (secondary N) is 1. The average Bonchev–Trinajstić information content (AvgIpc) is 3.67. The summed E-state index contributed by atoms with van der Waals surface area (Å²) in [6.45, 7) is 2.27. The normalized spacial score (nSPS) is 19.1. The predicted molar refractivity (Wildman–Crippen MR) is 177 cm³/mol. The van der Waals surface area contributed by atoms with E-state index in [2.05, 4.69) is 17.3 Å². The van der Waals surface area contributed by atoms with Crippen molar-refractivity contribution in [2.24, 2.45) is 5.73 Å². The Bertz CT molecular complexity index is 2420. The quantitative estimate of drug-likeness (QED) is 0.221. The topological polar surface area (TPSA) is 130 Å². The van der Waals surface area contributed by atoms with Gasteiger partial charge in [0.25, 0.3) is 5.91 Å². The summed E-state index contributed by atoms with van der Waals surface area (Å²) in [7, 11) is 2.06. The molecule has 2 atom stereocenters. The van der Waals surface area contributed by atoms with Gasteiger partial charge in [0.05, 0.1) is 10.9 Å². The molecule has 2 fully saturated rings. The van der Waals surface area contributed by atoms with Crippen molar-refractivity contribution in [3.8, 4) is 0 Å². The first-order valence-corrected chi connectivity index (χ1v) is 15.7. The van der Waals surface area contributed by atoms with Crippen LogP contribution in [0.3, 0.4) is 0 Å². The number of rotatable bonds is 5. The van der Waals surface area contributed by atoms with Gasteiger partial charge in [-0.05, 0) is 57.5 Å². The van der Waals surface area contributed by atoms with E-state index < -0.39 is 17.2 Å². The maximum absolute atomic E-state index is 16.0. The standard InChI is InChI=1S/C35H32FN5O5/c1-39-11-4-5-19(39)8-10-38-35(45)25-17-41-27-14-22-23(32(43)21-7-3-2-6-20(21)31(22)42)15-28(27)46-34-29(41)24(33(25)44)13-26(36)30(34)40-12-9-18(37)16-40/h2-3,6-7,13-15,17-19H,4-5,8-12,16,37H2,1H3,(H,38,45). The van der Waals surface area contributed by atoms with Crippen LogP contribution in [0.4, 0.5) is 10.1 Å². The van der Waals surface area contributed by atoms with Crippen molar-refractivity contribution >= 4 is 60.7 Å². The molecule has 2 unspecified atom stereocenters. The van der Waals surface area contributed by atoms with Crippen LogP contribution in [0.2, 0.25) is 0 Å². The van der Waals surface area contributed by atoms with Crippen LogP contribution >= 0.6 is 0 Å². The molecule has 0 aliphatic carbocycles. The van der Waals surface area contributed by atoms with E-state index in [0.29, 0.717) is 48.4 Å². The fourth-order valence-corrected chi connectivity index (χ4v) is 7.43. The second kappa shape index (κ2) is 10.6. The summed E-state index contributed by atoms with van der Waals surface area (Å²) in [5, 5.41) is 3.79. The van der Waals surface area contributed by atoms with Crippen LogP contribution in [-0.4, -0.2) is 60.5 Å². The van der Waals surface area contributed by atoms with Crippen LogP contribution in [0.5, 0.6) is 0 Å². The fourth-order valence-electron chi connectivity index (χ4n) is 7.43. The van der Waals surface area contributed by atoms with Gasteiger partial charge in [0.2, 0.25) is 5.43 Å². The molecule has 46 heavy (non-hydrogen) atoms. The number of pyridine rings is 1.